The van der Waals surface area contributed by atoms with E-state index >= 15 is 0 Å². The van der Waals surface area contributed by atoms with E-state index in [1.165, 1.54) is 0 Å². The SMILES string of the molecule is NS(=O)(=O)CCCNC(=O)CNC1CC1. The smallest absolute Gasteiger partial charge is 0.233 e. The van der Waals surface area contributed by atoms with Gasteiger partial charge in [0.2, 0.25) is 15.9 Å². The Morgan fingerprint density at radius 3 is 2.60 bits per heavy atom. The Labute approximate surface area is 89.6 Å². The van der Waals surface area contributed by atoms with Crippen LogP contribution in [0.2, 0.25) is 0 Å². The highest BCUT2D eigenvalue weighted by Crippen LogP contribution is 2.17. The van der Waals surface area contributed by atoms with Gasteiger partial charge < -0.3 is 10.6 Å². The molecule has 1 rings (SSSR count). The molecule has 6 nitrogen and oxygen atoms in total. The van der Waals surface area contributed by atoms with Gasteiger partial charge in [0.05, 0.1) is 12.3 Å². The van der Waals surface area contributed by atoms with Crippen molar-refractivity contribution in [1.29, 1.82) is 0 Å². The number of nitrogens with one attached hydrogen (secondary N) is 2. The molecule has 1 amide bonds. The summed E-state index contributed by atoms with van der Waals surface area (Å²) in [5, 5.41) is 10.5. The highest BCUT2D eigenvalue weighted by Gasteiger charge is 2.20. The van der Waals surface area contributed by atoms with Gasteiger partial charge in [-0.3, -0.25) is 4.79 Å². The van der Waals surface area contributed by atoms with E-state index in [1.807, 2.05) is 0 Å². The predicted octanol–water partition coefficient (Wildman–Crippen LogP) is -1.47. The zero-order valence-electron chi connectivity index (χ0n) is 8.53. The standard InChI is InChI=1S/C8H17N3O3S/c9-15(13,14)5-1-4-10-8(12)6-11-7-2-3-7/h7,11H,1-6H2,(H,10,12)(H2,9,13,14). The number of hydrogen-bond acceptors (Lipinski definition) is 4. The lowest BCUT2D eigenvalue weighted by atomic mass is 10.4. The van der Waals surface area contributed by atoms with Crippen LogP contribution in [-0.2, 0) is 14.8 Å². The van der Waals surface area contributed by atoms with Crippen LogP contribution in [0.5, 0.6) is 0 Å². The Bertz CT molecular complexity index is 311. The van der Waals surface area contributed by atoms with Crippen LogP contribution >= 0.6 is 0 Å². The third-order valence-corrected chi connectivity index (χ3v) is 2.91. The van der Waals surface area contributed by atoms with Gasteiger partial charge in [-0.2, -0.15) is 0 Å². The molecule has 0 aromatic rings. The van der Waals surface area contributed by atoms with Crippen molar-refractivity contribution in [2.75, 3.05) is 18.8 Å². The van der Waals surface area contributed by atoms with Crippen molar-refractivity contribution in [2.45, 2.75) is 25.3 Å². The van der Waals surface area contributed by atoms with Crippen molar-refractivity contribution >= 4 is 15.9 Å². The summed E-state index contributed by atoms with van der Waals surface area (Å²) in [4.78, 5) is 11.1. The van der Waals surface area contributed by atoms with Crippen molar-refractivity contribution in [1.82, 2.24) is 10.6 Å². The molecule has 0 saturated heterocycles. The van der Waals surface area contributed by atoms with E-state index in [0.717, 1.165) is 12.8 Å². The fourth-order valence-corrected chi connectivity index (χ4v) is 1.63. The van der Waals surface area contributed by atoms with Gasteiger partial charge in [-0.05, 0) is 19.3 Å². The number of primary sulfonamides is 1. The van der Waals surface area contributed by atoms with Gasteiger partial charge in [0, 0.05) is 12.6 Å². The van der Waals surface area contributed by atoms with Gasteiger partial charge in [-0.1, -0.05) is 0 Å². The predicted molar refractivity (Wildman–Crippen MR) is 56.6 cm³/mol. The zero-order valence-corrected chi connectivity index (χ0v) is 9.35. The highest BCUT2D eigenvalue weighted by molar-refractivity contribution is 7.89. The van der Waals surface area contributed by atoms with E-state index < -0.39 is 10.0 Å². The van der Waals surface area contributed by atoms with E-state index in [1.54, 1.807) is 0 Å². The minimum absolute atomic E-state index is 0.0939. The summed E-state index contributed by atoms with van der Waals surface area (Å²) in [5.74, 6) is -0.195. The molecule has 0 unspecified atom stereocenters. The normalized spacial score (nSPS) is 16.3. The van der Waals surface area contributed by atoms with Crippen LogP contribution in [0, 0.1) is 0 Å². The van der Waals surface area contributed by atoms with Crippen LogP contribution in [-0.4, -0.2) is 39.2 Å². The van der Waals surface area contributed by atoms with Crippen LogP contribution in [0.25, 0.3) is 0 Å². The second kappa shape index (κ2) is 5.43. The van der Waals surface area contributed by atoms with E-state index in [2.05, 4.69) is 10.6 Å². The number of carbonyl (C=O) groups is 1. The molecule has 7 heteroatoms. The number of hydrogen-bond donors (Lipinski definition) is 3. The van der Waals surface area contributed by atoms with Gasteiger partial charge in [-0.15, -0.1) is 0 Å². The Morgan fingerprint density at radius 2 is 2.07 bits per heavy atom. The molecule has 88 valence electrons. The summed E-state index contributed by atoms with van der Waals surface area (Å²) in [6, 6.07) is 0.500. The van der Waals surface area contributed by atoms with Crippen LogP contribution in [0.1, 0.15) is 19.3 Å². The molecule has 1 aliphatic rings. The monoisotopic (exact) mass is 235 g/mol. The molecular weight excluding hydrogens is 218 g/mol. The number of nitrogens with two attached hydrogens (primary N) is 1. The molecule has 0 aliphatic heterocycles. The minimum atomic E-state index is -3.40. The van der Waals surface area contributed by atoms with E-state index in [0.29, 0.717) is 25.6 Å². The van der Waals surface area contributed by atoms with Crippen LogP contribution in [0.4, 0.5) is 0 Å². The van der Waals surface area contributed by atoms with Crippen LogP contribution in [0.15, 0.2) is 0 Å². The summed E-state index contributed by atoms with van der Waals surface area (Å²) >= 11 is 0. The van der Waals surface area contributed by atoms with Crippen LogP contribution in [0.3, 0.4) is 0 Å². The number of carbonyl (C=O) groups excluding carboxylic acids is 1. The lowest BCUT2D eigenvalue weighted by Gasteiger charge is -2.05. The minimum Gasteiger partial charge on any atom is -0.355 e. The zero-order chi connectivity index (χ0) is 11.3. The summed E-state index contributed by atoms with van der Waals surface area (Å²) in [6.45, 7) is 0.654. The lowest BCUT2D eigenvalue weighted by Crippen LogP contribution is -2.35. The largest absolute Gasteiger partial charge is 0.355 e. The van der Waals surface area contributed by atoms with Crippen molar-refractivity contribution in [2.24, 2.45) is 5.14 Å². The molecule has 1 fully saturated rings. The molecule has 0 bridgehead atoms. The number of amides is 1. The van der Waals surface area contributed by atoms with Crippen molar-refractivity contribution in [3.8, 4) is 0 Å². The Hall–Kier alpha value is -0.660. The molecule has 1 saturated carbocycles. The molecule has 1 aliphatic carbocycles. The van der Waals surface area contributed by atoms with Gasteiger partial charge in [-0.25, -0.2) is 13.6 Å². The summed E-state index contributed by atoms with van der Waals surface area (Å²) in [5.41, 5.74) is 0. The summed E-state index contributed by atoms with van der Waals surface area (Å²) in [7, 11) is -3.40. The van der Waals surface area contributed by atoms with E-state index in [-0.39, 0.29) is 11.7 Å². The fraction of sp³-hybridized carbons (Fsp3) is 0.875. The van der Waals surface area contributed by atoms with Gasteiger partial charge in [0.1, 0.15) is 0 Å². The molecule has 0 spiro atoms. The maximum absolute atomic E-state index is 11.1. The maximum atomic E-state index is 11.1. The maximum Gasteiger partial charge on any atom is 0.233 e. The average molecular weight is 235 g/mol. The molecule has 0 aromatic carbocycles. The second-order valence-electron chi connectivity index (χ2n) is 3.73. The van der Waals surface area contributed by atoms with Gasteiger partial charge in [0.25, 0.3) is 0 Å². The Balaban J connectivity index is 1.96. The molecule has 15 heavy (non-hydrogen) atoms. The molecule has 0 atom stereocenters. The first-order valence-corrected chi connectivity index (χ1v) is 6.69. The summed E-state index contributed by atoms with van der Waals surface area (Å²) in [6.07, 6.45) is 2.63. The third kappa shape index (κ3) is 7.29. The molecule has 0 aromatic heterocycles. The van der Waals surface area contributed by atoms with Gasteiger partial charge in [0.15, 0.2) is 0 Å². The molecular formula is C8H17N3O3S. The molecule has 0 radical (unpaired) electrons. The van der Waals surface area contributed by atoms with E-state index in [9.17, 15) is 13.2 Å². The Morgan fingerprint density at radius 1 is 1.40 bits per heavy atom. The lowest BCUT2D eigenvalue weighted by molar-refractivity contribution is -0.120. The van der Waals surface area contributed by atoms with Crippen molar-refractivity contribution < 1.29 is 13.2 Å². The topological polar surface area (TPSA) is 101 Å². The van der Waals surface area contributed by atoms with Crippen LogP contribution < -0.4 is 15.8 Å². The quantitative estimate of drug-likeness (QED) is 0.469. The molecule has 0 heterocycles. The van der Waals surface area contributed by atoms with Gasteiger partial charge >= 0.3 is 0 Å². The van der Waals surface area contributed by atoms with Crippen molar-refractivity contribution in [3.63, 3.8) is 0 Å². The summed E-state index contributed by atoms with van der Waals surface area (Å²) < 4.78 is 21.1. The Kier molecular flexibility index (Phi) is 4.49. The second-order valence-corrected chi connectivity index (χ2v) is 5.46. The fourth-order valence-electron chi connectivity index (χ4n) is 1.09. The first-order valence-electron chi connectivity index (χ1n) is 4.98. The highest BCUT2D eigenvalue weighted by atomic mass is 32.2. The average Bonchev–Trinajstić information content (AvgIpc) is 2.91. The number of rotatable bonds is 7. The molecule has 4 N–H and O–H groups in total. The van der Waals surface area contributed by atoms with Crippen molar-refractivity contribution in [3.05, 3.63) is 0 Å². The first kappa shape index (κ1) is 12.4. The van der Waals surface area contributed by atoms with E-state index in [4.69, 9.17) is 5.14 Å². The third-order valence-electron chi connectivity index (χ3n) is 2.06. The number of sulfonamides is 1. The first-order chi connectivity index (χ1) is 6.97.